The van der Waals surface area contributed by atoms with Gasteiger partial charge in [0.05, 0.1) is 11.5 Å². The van der Waals surface area contributed by atoms with Gasteiger partial charge in [0.15, 0.2) is 5.96 Å². The van der Waals surface area contributed by atoms with Gasteiger partial charge < -0.3 is 20.5 Å². The Balaban J connectivity index is 0.00000210. The van der Waals surface area contributed by atoms with E-state index in [1.807, 2.05) is 18.4 Å². The number of aromatic nitrogens is 1. The zero-order valence-corrected chi connectivity index (χ0v) is 18.6. The van der Waals surface area contributed by atoms with Crippen molar-refractivity contribution < 1.29 is 0 Å². The first-order valence-corrected chi connectivity index (χ1v) is 10.0. The van der Waals surface area contributed by atoms with Crippen LogP contribution in [0.25, 0.3) is 10.9 Å². The average molecular weight is 495 g/mol. The van der Waals surface area contributed by atoms with Gasteiger partial charge in [0.1, 0.15) is 0 Å². The zero-order chi connectivity index (χ0) is 17.8. The summed E-state index contributed by atoms with van der Waals surface area (Å²) in [5, 5.41) is 11.8. The summed E-state index contributed by atoms with van der Waals surface area (Å²) in [6.07, 6.45) is 2.26. The highest BCUT2D eigenvalue weighted by molar-refractivity contribution is 14.0. The van der Waals surface area contributed by atoms with E-state index in [1.54, 1.807) is 0 Å². The third-order valence-corrected chi connectivity index (χ3v) is 5.84. The molecule has 0 radical (unpaired) electrons. The number of aliphatic imine (C=N–C) groups is 1. The van der Waals surface area contributed by atoms with Gasteiger partial charge in [-0.2, -0.15) is 0 Å². The smallest absolute Gasteiger partial charge is 0.191 e. The van der Waals surface area contributed by atoms with E-state index < -0.39 is 0 Å². The first-order valence-electron chi connectivity index (χ1n) is 9.14. The van der Waals surface area contributed by atoms with Crippen molar-refractivity contribution in [2.24, 2.45) is 4.99 Å². The number of anilines is 1. The summed E-state index contributed by atoms with van der Waals surface area (Å²) < 4.78 is 0. The molecule has 1 aliphatic rings. The predicted octanol–water partition coefficient (Wildman–Crippen LogP) is 4.18. The second kappa shape index (κ2) is 9.45. The number of aromatic amines is 1. The first-order chi connectivity index (χ1) is 12.8. The molecule has 0 amide bonds. The normalized spacial score (nSPS) is 15.6. The van der Waals surface area contributed by atoms with Crippen LogP contribution < -0.4 is 15.5 Å². The molecule has 3 N–H and O–H groups in total. The summed E-state index contributed by atoms with van der Waals surface area (Å²) >= 11 is 1.82. The van der Waals surface area contributed by atoms with Crippen LogP contribution in [0.1, 0.15) is 18.5 Å². The standard InChI is InChI=1S/C20H25N5S.HI/c1-21-20(22-14-17-13-15-5-2-3-6-18(15)23-17)24-16-8-10-25(11-9-16)19-7-4-12-26-19;/h2-7,12-13,16,23H,8-11,14H2,1H3,(H2,21,22,24);1H. The summed E-state index contributed by atoms with van der Waals surface area (Å²) in [6.45, 7) is 2.93. The van der Waals surface area contributed by atoms with E-state index in [-0.39, 0.29) is 24.0 Å². The first kappa shape index (κ1) is 20.0. The molecule has 5 nitrogen and oxygen atoms in total. The highest BCUT2D eigenvalue weighted by Gasteiger charge is 2.20. The molecule has 0 aliphatic carbocycles. The number of nitrogens with zero attached hydrogens (tertiary/aromatic N) is 2. The topological polar surface area (TPSA) is 55.5 Å². The number of guanidine groups is 1. The quantitative estimate of drug-likeness (QED) is 0.289. The number of halogens is 1. The Labute approximate surface area is 181 Å². The van der Waals surface area contributed by atoms with E-state index in [0.29, 0.717) is 6.04 Å². The van der Waals surface area contributed by atoms with Crippen LogP contribution in [0.3, 0.4) is 0 Å². The van der Waals surface area contributed by atoms with Crippen molar-refractivity contribution in [3.8, 4) is 0 Å². The highest BCUT2D eigenvalue weighted by atomic mass is 127. The summed E-state index contributed by atoms with van der Waals surface area (Å²) in [4.78, 5) is 10.3. The Morgan fingerprint density at radius 3 is 2.74 bits per heavy atom. The van der Waals surface area contributed by atoms with Crippen molar-refractivity contribution >= 4 is 57.2 Å². The summed E-state index contributed by atoms with van der Waals surface area (Å²) in [5.41, 5.74) is 2.34. The Kier molecular flexibility index (Phi) is 7.01. The Morgan fingerprint density at radius 2 is 2.04 bits per heavy atom. The molecule has 0 bridgehead atoms. The molecule has 27 heavy (non-hydrogen) atoms. The number of thiophene rings is 1. The second-order valence-corrected chi connectivity index (χ2v) is 7.59. The van der Waals surface area contributed by atoms with Gasteiger partial charge in [-0.25, -0.2) is 0 Å². The maximum Gasteiger partial charge on any atom is 0.191 e. The minimum absolute atomic E-state index is 0. The van der Waals surface area contributed by atoms with Crippen molar-refractivity contribution in [3.63, 3.8) is 0 Å². The molecule has 1 aliphatic heterocycles. The molecule has 0 saturated carbocycles. The van der Waals surface area contributed by atoms with E-state index in [2.05, 4.69) is 73.4 Å². The molecule has 7 heteroatoms. The summed E-state index contributed by atoms with van der Waals surface area (Å²) in [7, 11) is 1.83. The third kappa shape index (κ3) is 4.95. The van der Waals surface area contributed by atoms with Gasteiger partial charge in [0.25, 0.3) is 0 Å². The third-order valence-electron chi connectivity index (χ3n) is 4.91. The maximum absolute atomic E-state index is 4.39. The van der Waals surface area contributed by atoms with Gasteiger partial charge in [-0.05, 0) is 47.9 Å². The van der Waals surface area contributed by atoms with E-state index in [1.165, 1.54) is 21.6 Å². The second-order valence-electron chi connectivity index (χ2n) is 6.66. The molecule has 0 unspecified atom stereocenters. The summed E-state index contributed by atoms with van der Waals surface area (Å²) in [5.74, 6) is 0.873. The minimum atomic E-state index is 0. The van der Waals surface area contributed by atoms with Gasteiger partial charge in [0, 0.05) is 37.4 Å². The number of H-pyrrole nitrogens is 1. The number of hydrogen-bond donors (Lipinski definition) is 3. The fraction of sp³-hybridized carbons (Fsp3) is 0.350. The van der Waals surface area contributed by atoms with Crippen molar-refractivity contribution in [2.45, 2.75) is 25.4 Å². The SMILES string of the molecule is CN=C(NCc1cc2ccccc2[nH]1)NC1CCN(c2cccs2)CC1.I. The van der Waals surface area contributed by atoms with Gasteiger partial charge in [-0.3, -0.25) is 4.99 Å². The minimum Gasteiger partial charge on any atom is -0.363 e. The Morgan fingerprint density at radius 1 is 1.22 bits per heavy atom. The lowest BCUT2D eigenvalue weighted by Crippen LogP contribution is -2.48. The monoisotopic (exact) mass is 495 g/mol. The van der Waals surface area contributed by atoms with Crippen molar-refractivity contribution in [1.82, 2.24) is 15.6 Å². The van der Waals surface area contributed by atoms with Crippen LogP contribution in [0.4, 0.5) is 5.00 Å². The molecule has 0 atom stereocenters. The maximum atomic E-state index is 4.39. The number of hydrogen-bond acceptors (Lipinski definition) is 3. The Bertz CT molecular complexity index is 833. The number of benzene rings is 1. The predicted molar refractivity (Wildman–Crippen MR) is 127 cm³/mol. The average Bonchev–Trinajstić information content (AvgIpc) is 3.35. The molecule has 1 fully saturated rings. The molecule has 1 aromatic carbocycles. The van der Waals surface area contributed by atoms with Crippen LogP contribution in [0.5, 0.6) is 0 Å². The number of piperidine rings is 1. The van der Waals surface area contributed by atoms with Crippen LogP contribution in [0.2, 0.25) is 0 Å². The van der Waals surface area contributed by atoms with Crippen LogP contribution in [0.15, 0.2) is 52.8 Å². The Hall–Kier alpha value is -1.74. The number of rotatable bonds is 4. The van der Waals surface area contributed by atoms with E-state index >= 15 is 0 Å². The number of fused-ring (bicyclic) bond motifs is 1. The van der Waals surface area contributed by atoms with Crippen LogP contribution in [0, 0.1) is 0 Å². The lowest BCUT2D eigenvalue weighted by molar-refractivity contribution is 0.462. The van der Waals surface area contributed by atoms with Gasteiger partial charge in [-0.15, -0.1) is 35.3 Å². The molecule has 144 valence electrons. The van der Waals surface area contributed by atoms with Crippen molar-refractivity contribution in [2.75, 3.05) is 25.0 Å². The van der Waals surface area contributed by atoms with E-state index in [9.17, 15) is 0 Å². The molecule has 0 spiro atoms. The van der Waals surface area contributed by atoms with E-state index in [0.717, 1.165) is 38.4 Å². The molecule has 1 saturated heterocycles. The molecule has 3 aromatic rings. The molecule has 4 rings (SSSR count). The molecule has 3 heterocycles. The van der Waals surface area contributed by atoms with E-state index in [4.69, 9.17) is 0 Å². The van der Waals surface area contributed by atoms with Crippen molar-refractivity contribution in [1.29, 1.82) is 0 Å². The molecular formula is C20H26IN5S. The zero-order valence-electron chi connectivity index (χ0n) is 15.4. The van der Waals surface area contributed by atoms with Gasteiger partial charge in [0.2, 0.25) is 0 Å². The van der Waals surface area contributed by atoms with Crippen molar-refractivity contribution in [3.05, 3.63) is 53.5 Å². The lowest BCUT2D eigenvalue weighted by atomic mass is 10.1. The molecule has 2 aromatic heterocycles. The van der Waals surface area contributed by atoms with Crippen LogP contribution in [-0.2, 0) is 6.54 Å². The van der Waals surface area contributed by atoms with Crippen LogP contribution in [-0.4, -0.2) is 37.1 Å². The van der Waals surface area contributed by atoms with Gasteiger partial charge in [-0.1, -0.05) is 18.2 Å². The fourth-order valence-electron chi connectivity index (χ4n) is 3.49. The largest absolute Gasteiger partial charge is 0.363 e. The molecular weight excluding hydrogens is 469 g/mol. The van der Waals surface area contributed by atoms with Gasteiger partial charge >= 0.3 is 0 Å². The number of nitrogens with one attached hydrogen (secondary N) is 3. The van der Waals surface area contributed by atoms with Crippen LogP contribution >= 0.6 is 35.3 Å². The fourth-order valence-corrected chi connectivity index (χ4v) is 4.28. The highest BCUT2D eigenvalue weighted by Crippen LogP contribution is 2.24. The number of para-hydroxylation sites is 1. The summed E-state index contributed by atoms with van der Waals surface area (Å²) in [6, 6.07) is 15.3. The lowest BCUT2D eigenvalue weighted by Gasteiger charge is -2.33.